The van der Waals surface area contributed by atoms with Gasteiger partial charge in [0.15, 0.2) is 5.78 Å². The van der Waals surface area contributed by atoms with Crippen molar-refractivity contribution in [2.45, 2.75) is 25.8 Å². The summed E-state index contributed by atoms with van der Waals surface area (Å²) >= 11 is 0. The van der Waals surface area contributed by atoms with Crippen molar-refractivity contribution >= 4 is 17.5 Å². The van der Waals surface area contributed by atoms with Crippen molar-refractivity contribution in [2.75, 3.05) is 5.73 Å². The molecule has 0 aliphatic rings. The zero-order valence-corrected chi connectivity index (χ0v) is 15.9. The molecule has 0 fully saturated rings. The van der Waals surface area contributed by atoms with E-state index >= 15 is 0 Å². The molecule has 0 bridgehead atoms. The van der Waals surface area contributed by atoms with Gasteiger partial charge in [0.25, 0.3) is 0 Å². The number of Topliss-reactive ketones (excluding diaryl/α,β-unsaturated/α-hetero) is 1. The molecule has 3 aromatic rings. The van der Waals surface area contributed by atoms with Gasteiger partial charge in [0.1, 0.15) is 11.6 Å². The Hall–Kier alpha value is -3.54. The molecule has 0 spiro atoms. The molecule has 29 heavy (non-hydrogen) atoms. The number of carbonyl (C=O) groups excluding carboxylic acids is 2. The van der Waals surface area contributed by atoms with Crippen molar-refractivity contribution in [1.82, 2.24) is 10.3 Å². The van der Waals surface area contributed by atoms with Gasteiger partial charge in [0.05, 0.1) is 0 Å². The number of rotatable bonds is 8. The van der Waals surface area contributed by atoms with Crippen LogP contribution >= 0.6 is 0 Å². The molecule has 0 unspecified atom stereocenters. The van der Waals surface area contributed by atoms with Gasteiger partial charge >= 0.3 is 0 Å². The predicted octanol–water partition coefficient (Wildman–Crippen LogP) is 3.48. The van der Waals surface area contributed by atoms with Gasteiger partial charge in [-0.05, 0) is 35.7 Å². The Bertz CT molecular complexity index is 986. The number of nitrogen functional groups attached to an aromatic ring is 1. The molecule has 148 valence electrons. The van der Waals surface area contributed by atoms with E-state index in [9.17, 15) is 14.0 Å². The van der Waals surface area contributed by atoms with Gasteiger partial charge < -0.3 is 11.1 Å². The van der Waals surface area contributed by atoms with E-state index in [1.807, 2.05) is 12.1 Å². The molecule has 3 N–H and O–H groups in total. The highest BCUT2D eigenvalue weighted by Gasteiger charge is 2.10. The maximum absolute atomic E-state index is 12.9. The van der Waals surface area contributed by atoms with E-state index < -0.39 is 0 Å². The molecule has 0 atom stereocenters. The van der Waals surface area contributed by atoms with Crippen LogP contribution in [0.3, 0.4) is 0 Å². The quantitative estimate of drug-likeness (QED) is 0.576. The van der Waals surface area contributed by atoms with Crippen LogP contribution in [0, 0.1) is 5.82 Å². The maximum atomic E-state index is 12.9. The minimum absolute atomic E-state index is 0.0421. The largest absolute Gasteiger partial charge is 0.383 e. The monoisotopic (exact) mass is 391 g/mol. The molecule has 0 aliphatic carbocycles. The number of benzene rings is 2. The highest BCUT2D eigenvalue weighted by Crippen LogP contribution is 2.13. The summed E-state index contributed by atoms with van der Waals surface area (Å²) in [4.78, 5) is 28.4. The van der Waals surface area contributed by atoms with Gasteiger partial charge in [0, 0.05) is 36.7 Å². The van der Waals surface area contributed by atoms with Gasteiger partial charge in [-0.1, -0.05) is 42.5 Å². The molecular weight excluding hydrogens is 369 g/mol. The number of ketones is 1. The van der Waals surface area contributed by atoms with E-state index in [0.717, 1.165) is 11.1 Å². The van der Waals surface area contributed by atoms with Crippen LogP contribution in [0.1, 0.15) is 33.5 Å². The number of halogens is 1. The van der Waals surface area contributed by atoms with Crippen molar-refractivity contribution in [1.29, 1.82) is 0 Å². The van der Waals surface area contributed by atoms with Crippen molar-refractivity contribution < 1.29 is 14.0 Å². The van der Waals surface area contributed by atoms with Crippen LogP contribution in [-0.4, -0.2) is 16.7 Å². The second-order valence-electron chi connectivity index (χ2n) is 6.75. The second kappa shape index (κ2) is 9.59. The van der Waals surface area contributed by atoms with Crippen molar-refractivity contribution in [3.05, 3.63) is 94.9 Å². The Balaban J connectivity index is 1.47. The molecule has 1 aromatic heterocycles. The topological polar surface area (TPSA) is 85.1 Å². The average Bonchev–Trinajstić information content (AvgIpc) is 2.74. The SMILES string of the molecule is Nc1ncccc1CC(=O)c1ccc(CNC(=O)CCc2ccc(F)cc2)cc1. The Labute approximate surface area is 168 Å². The predicted molar refractivity (Wildman–Crippen MR) is 110 cm³/mol. The number of anilines is 1. The van der Waals surface area contributed by atoms with Gasteiger partial charge in [-0.3, -0.25) is 9.59 Å². The fourth-order valence-electron chi connectivity index (χ4n) is 2.88. The lowest BCUT2D eigenvalue weighted by Crippen LogP contribution is -2.23. The number of pyridine rings is 1. The Morgan fingerprint density at radius 2 is 1.66 bits per heavy atom. The van der Waals surface area contributed by atoms with E-state index in [-0.39, 0.29) is 23.9 Å². The number of nitrogens with two attached hydrogens (primary N) is 1. The van der Waals surface area contributed by atoms with Crippen LogP contribution in [0.25, 0.3) is 0 Å². The maximum Gasteiger partial charge on any atom is 0.220 e. The molecule has 3 rings (SSSR count). The molecule has 0 saturated heterocycles. The summed E-state index contributed by atoms with van der Waals surface area (Å²) in [5.74, 6) is -0.0500. The number of nitrogens with one attached hydrogen (secondary N) is 1. The van der Waals surface area contributed by atoms with Gasteiger partial charge in [0.2, 0.25) is 5.91 Å². The first-order valence-corrected chi connectivity index (χ1v) is 9.34. The van der Waals surface area contributed by atoms with E-state index in [2.05, 4.69) is 10.3 Å². The minimum atomic E-state index is -0.288. The first-order chi connectivity index (χ1) is 14.0. The minimum Gasteiger partial charge on any atom is -0.383 e. The summed E-state index contributed by atoms with van der Waals surface area (Å²) in [7, 11) is 0. The molecule has 1 amide bonds. The van der Waals surface area contributed by atoms with E-state index in [4.69, 9.17) is 5.73 Å². The number of amides is 1. The van der Waals surface area contributed by atoms with Gasteiger partial charge in [-0.2, -0.15) is 0 Å². The van der Waals surface area contributed by atoms with Crippen molar-refractivity contribution in [3.63, 3.8) is 0 Å². The number of aryl methyl sites for hydroxylation is 1. The Kier molecular flexibility index (Phi) is 6.68. The summed E-state index contributed by atoms with van der Waals surface area (Å²) in [5, 5.41) is 2.85. The smallest absolute Gasteiger partial charge is 0.220 e. The van der Waals surface area contributed by atoms with Crippen LogP contribution in [-0.2, 0) is 24.2 Å². The van der Waals surface area contributed by atoms with Crippen molar-refractivity contribution in [3.8, 4) is 0 Å². The van der Waals surface area contributed by atoms with Crippen LogP contribution in [0.4, 0.5) is 10.2 Å². The van der Waals surface area contributed by atoms with E-state index in [0.29, 0.717) is 36.3 Å². The van der Waals surface area contributed by atoms with Crippen LogP contribution in [0.5, 0.6) is 0 Å². The third-order valence-electron chi connectivity index (χ3n) is 4.60. The standard InChI is InChI=1S/C23H22FN3O2/c24-20-10-5-16(6-11-20)7-12-22(29)27-15-17-3-8-18(9-4-17)21(28)14-19-2-1-13-26-23(19)25/h1-6,8-11,13H,7,12,14-15H2,(H2,25,26)(H,27,29). The summed E-state index contributed by atoms with van der Waals surface area (Å²) < 4.78 is 12.9. The number of carbonyl (C=O) groups is 2. The summed E-state index contributed by atoms with van der Waals surface area (Å²) in [6.45, 7) is 0.381. The highest BCUT2D eigenvalue weighted by molar-refractivity contribution is 5.98. The third kappa shape index (κ3) is 5.97. The van der Waals surface area contributed by atoms with Crippen LogP contribution < -0.4 is 11.1 Å². The summed E-state index contributed by atoms with van der Waals surface area (Å²) in [6, 6.07) is 16.8. The number of hydrogen-bond acceptors (Lipinski definition) is 4. The van der Waals surface area contributed by atoms with Crippen molar-refractivity contribution in [2.24, 2.45) is 0 Å². The number of hydrogen-bond donors (Lipinski definition) is 2. The normalized spacial score (nSPS) is 10.5. The molecule has 0 aliphatic heterocycles. The molecule has 1 heterocycles. The zero-order valence-electron chi connectivity index (χ0n) is 15.9. The summed E-state index contributed by atoms with van der Waals surface area (Å²) in [6.07, 6.45) is 2.66. The van der Waals surface area contributed by atoms with E-state index in [1.165, 1.54) is 12.1 Å². The molecule has 2 aromatic carbocycles. The molecule has 0 saturated carbocycles. The molecule has 6 heteroatoms. The lowest BCUT2D eigenvalue weighted by Gasteiger charge is -2.07. The van der Waals surface area contributed by atoms with E-state index in [1.54, 1.807) is 42.6 Å². The second-order valence-corrected chi connectivity index (χ2v) is 6.75. The molecule has 5 nitrogen and oxygen atoms in total. The zero-order chi connectivity index (χ0) is 20.6. The van der Waals surface area contributed by atoms with Gasteiger partial charge in [-0.25, -0.2) is 9.37 Å². The first-order valence-electron chi connectivity index (χ1n) is 9.34. The molecular formula is C23H22FN3O2. The number of aromatic nitrogens is 1. The lowest BCUT2D eigenvalue weighted by atomic mass is 10.0. The Morgan fingerprint density at radius 1 is 0.966 bits per heavy atom. The molecule has 0 radical (unpaired) electrons. The highest BCUT2D eigenvalue weighted by atomic mass is 19.1. The van der Waals surface area contributed by atoms with Crippen LogP contribution in [0.2, 0.25) is 0 Å². The Morgan fingerprint density at radius 3 is 2.34 bits per heavy atom. The van der Waals surface area contributed by atoms with Crippen LogP contribution in [0.15, 0.2) is 66.9 Å². The fourth-order valence-corrected chi connectivity index (χ4v) is 2.88. The lowest BCUT2D eigenvalue weighted by molar-refractivity contribution is -0.121. The first kappa shape index (κ1) is 20.2. The summed E-state index contributed by atoms with van der Waals surface area (Å²) in [5.41, 5.74) is 8.89. The van der Waals surface area contributed by atoms with Gasteiger partial charge in [-0.15, -0.1) is 0 Å². The third-order valence-corrected chi connectivity index (χ3v) is 4.60. The fraction of sp³-hybridized carbons (Fsp3) is 0.174. The average molecular weight is 391 g/mol. The number of nitrogens with zero attached hydrogens (tertiary/aromatic N) is 1.